The normalized spacial score (nSPS) is 15.2. The molecule has 1 aliphatic rings. The van der Waals surface area contributed by atoms with Crippen molar-refractivity contribution < 1.29 is 18.7 Å². The Hall–Kier alpha value is -3.10. The fourth-order valence-corrected chi connectivity index (χ4v) is 5.32. The van der Waals surface area contributed by atoms with E-state index < -0.39 is 5.54 Å². The van der Waals surface area contributed by atoms with Gasteiger partial charge in [-0.25, -0.2) is 9.18 Å². The summed E-state index contributed by atoms with van der Waals surface area (Å²) < 4.78 is 19.6. The third-order valence-corrected chi connectivity index (χ3v) is 7.27. The summed E-state index contributed by atoms with van der Waals surface area (Å²) in [5.74, 6) is -0.162. The first-order valence-electron chi connectivity index (χ1n) is 11.7. The van der Waals surface area contributed by atoms with Gasteiger partial charge in [0.2, 0.25) is 5.91 Å². The standard InChI is InChI=1S/C27H29ClFN3O3S/c1-27(2,3)32(26(34)30-20-8-4-6-18(28)14-20)16-25(33)31-12-10-24-22(11-13-36-24)23(31)17-35-21-9-5-7-19(29)15-21/h4-9,11,13-15,23H,10,12,16-17H2,1-3H3,(H,30,34)/t23-/m1/s1. The number of ether oxygens (including phenoxy) is 1. The molecule has 1 aromatic heterocycles. The molecular formula is C27H29ClFN3O3S. The second-order valence-corrected chi connectivity index (χ2v) is 11.1. The highest BCUT2D eigenvalue weighted by Gasteiger charge is 2.36. The van der Waals surface area contributed by atoms with Crippen LogP contribution in [0.5, 0.6) is 5.75 Å². The van der Waals surface area contributed by atoms with E-state index in [4.69, 9.17) is 16.3 Å². The third-order valence-electron chi connectivity index (χ3n) is 6.04. The number of anilines is 1. The second kappa shape index (κ2) is 10.9. The van der Waals surface area contributed by atoms with Gasteiger partial charge in [0.05, 0.1) is 6.04 Å². The van der Waals surface area contributed by atoms with Gasteiger partial charge in [0, 0.05) is 33.7 Å². The summed E-state index contributed by atoms with van der Waals surface area (Å²) in [5.41, 5.74) is 0.966. The first-order valence-corrected chi connectivity index (χ1v) is 13.0. The summed E-state index contributed by atoms with van der Waals surface area (Å²) in [6.45, 7) is 6.24. The van der Waals surface area contributed by atoms with E-state index in [1.165, 1.54) is 21.9 Å². The van der Waals surface area contributed by atoms with Crippen LogP contribution in [-0.2, 0) is 11.2 Å². The van der Waals surface area contributed by atoms with Crippen LogP contribution in [0, 0.1) is 5.82 Å². The Kier molecular flexibility index (Phi) is 7.85. The number of benzene rings is 2. The number of rotatable bonds is 6. The summed E-state index contributed by atoms with van der Waals surface area (Å²) >= 11 is 7.71. The molecule has 0 fully saturated rings. The Morgan fingerprint density at radius 1 is 1.19 bits per heavy atom. The van der Waals surface area contributed by atoms with Crippen LogP contribution in [0.3, 0.4) is 0 Å². The molecule has 2 aromatic carbocycles. The molecule has 0 bridgehead atoms. The minimum Gasteiger partial charge on any atom is -0.491 e. The SMILES string of the molecule is CC(C)(C)N(CC(=O)N1CCc2sccc2[C@H]1COc1cccc(F)c1)C(=O)Nc1cccc(Cl)c1. The number of amides is 3. The van der Waals surface area contributed by atoms with Crippen LogP contribution < -0.4 is 10.1 Å². The number of thiophene rings is 1. The number of carbonyl (C=O) groups excluding carboxylic acids is 2. The molecule has 190 valence electrons. The molecule has 0 spiro atoms. The van der Waals surface area contributed by atoms with E-state index in [-0.39, 0.29) is 36.9 Å². The van der Waals surface area contributed by atoms with Crippen molar-refractivity contribution in [3.05, 3.63) is 81.3 Å². The van der Waals surface area contributed by atoms with Crippen LogP contribution in [0.4, 0.5) is 14.9 Å². The van der Waals surface area contributed by atoms with Crippen LogP contribution in [0.25, 0.3) is 0 Å². The van der Waals surface area contributed by atoms with Gasteiger partial charge in [-0.1, -0.05) is 23.7 Å². The molecule has 3 amide bonds. The van der Waals surface area contributed by atoms with Crippen molar-refractivity contribution in [3.63, 3.8) is 0 Å². The highest BCUT2D eigenvalue weighted by Crippen LogP contribution is 2.34. The zero-order valence-electron chi connectivity index (χ0n) is 20.5. The fourth-order valence-electron chi connectivity index (χ4n) is 4.20. The summed E-state index contributed by atoms with van der Waals surface area (Å²) in [5, 5.41) is 5.36. The molecule has 0 unspecified atom stereocenters. The van der Waals surface area contributed by atoms with Gasteiger partial charge in [0.25, 0.3) is 0 Å². The quantitative estimate of drug-likeness (QED) is 0.403. The van der Waals surface area contributed by atoms with E-state index in [0.717, 1.165) is 12.0 Å². The maximum Gasteiger partial charge on any atom is 0.322 e. The Labute approximate surface area is 219 Å². The first kappa shape index (κ1) is 26.0. The molecule has 4 rings (SSSR count). The van der Waals surface area contributed by atoms with Crippen molar-refractivity contribution in [1.29, 1.82) is 0 Å². The van der Waals surface area contributed by atoms with Gasteiger partial charge >= 0.3 is 6.03 Å². The lowest BCUT2D eigenvalue weighted by atomic mass is 10.00. The molecule has 1 atom stereocenters. The van der Waals surface area contributed by atoms with E-state index in [9.17, 15) is 14.0 Å². The molecule has 1 aliphatic heterocycles. The summed E-state index contributed by atoms with van der Waals surface area (Å²) in [6.07, 6.45) is 0.736. The maximum absolute atomic E-state index is 13.6. The van der Waals surface area contributed by atoms with Gasteiger partial charge < -0.3 is 19.9 Å². The monoisotopic (exact) mass is 529 g/mol. The van der Waals surface area contributed by atoms with Gasteiger partial charge in [-0.15, -0.1) is 11.3 Å². The number of nitrogens with one attached hydrogen (secondary N) is 1. The molecule has 2 heterocycles. The molecule has 6 nitrogen and oxygen atoms in total. The first-order chi connectivity index (χ1) is 17.1. The van der Waals surface area contributed by atoms with Crippen molar-refractivity contribution in [1.82, 2.24) is 9.80 Å². The van der Waals surface area contributed by atoms with Crippen molar-refractivity contribution >= 4 is 40.6 Å². The second-order valence-electron chi connectivity index (χ2n) is 9.62. The minimum atomic E-state index is -0.616. The van der Waals surface area contributed by atoms with E-state index in [1.54, 1.807) is 52.6 Å². The Morgan fingerprint density at radius 3 is 2.69 bits per heavy atom. The lowest BCUT2D eigenvalue weighted by Crippen LogP contribution is -2.54. The molecule has 9 heteroatoms. The van der Waals surface area contributed by atoms with E-state index in [0.29, 0.717) is 23.0 Å². The average Bonchev–Trinajstić information content (AvgIpc) is 3.29. The molecule has 0 aliphatic carbocycles. The maximum atomic E-state index is 13.6. The number of urea groups is 1. The van der Waals surface area contributed by atoms with Crippen molar-refractivity contribution in [2.75, 3.05) is 25.0 Å². The number of fused-ring (bicyclic) bond motifs is 1. The Morgan fingerprint density at radius 2 is 1.97 bits per heavy atom. The minimum absolute atomic E-state index is 0.105. The fraction of sp³-hybridized carbons (Fsp3) is 0.333. The predicted octanol–water partition coefficient (Wildman–Crippen LogP) is 6.38. The van der Waals surface area contributed by atoms with Crippen LogP contribution in [0.15, 0.2) is 60.0 Å². The van der Waals surface area contributed by atoms with Crippen LogP contribution in [0.2, 0.25) is 5.02 Å². The molecule has 3 aromatic rings. The summed E-state index contributed by atoms with van der Waals surface area (Å²) in [4.78, 5) is 31.3. The van der Waals surface area contributed by atoms with Crippen molar-refractivity contribution in [2.45, 2.75) is 38.8 Å². The lowest BCUT2D eigenvalue weighted by Gasteiger charge is -2.40. The summed E-state index contributed by atoms with van der Waals surface area (Å²) in [6, 6.07) is 14.1. The third kappa shape index (κ3) is 6.17. The van der Waals surface area contributed by atoms with Gasteiger partial charge in [-0.3, -0.25) is 4.79 Å². The Balaban J connectivity index is 1.52. The van der Waals surface area contributed by atoms with Crippen LogP contribution in [-0.4, -0.2) is 47.0 Å². The highest BCUT2D eigenvalue weighted by atomic mass is 35.5. The van der Waals surface area contributed by atoms with Crippen molar-refractivity contribution in [2.24, 2.45) is 0 Å². The van der Waals surface area contributed by atoms with E-state index in [2.05, 4.69) is 5.32 Å². The summed E-state index contributed by atoms with van der Waals surface area (Å²) in [7, 11) is 0. The average molecular weight is 530 g/mol. The predicted molar refractivity (Wildman–Crippen MR) is 141 cm³/mol. The molecule has 1 N–H and O–H groups in total. The van der Waals surface area contributed by atoms with E-state index >= 15 is 0 Å². The number of hydrogen-bond donors (Lipinski definition) is 1. The van der Waals surface area contributed by atoms with Crippen molar-refractivity contribution in [3.8, 4) is 5.75 Å². The zero-order chi connectivity index (χ0) is 25.9. The molecule has 0 saturated heterocycles. The number of halogens is 2. The van der Waals surface area contributed by atoms with Crippen LogP contribution >= 0.6 is 22.9 Å². The topological polar surface area (TPSA) is 61.9 Å². The number of hydrogen-bond acceptors (Lipinski definition) is 4. The van der Waals surface area contributed by atoms with E-state index in [1.807, 2.05) is 32.2 Å². The largest absolute Gasteiger partial charge is 0.491 e. The Bertz CT molecular complexity index is 1240. The van der Waals surface area contributed by atoms with Gasteiger partial charge in [-0.05, 0) is 74.5 Å². The lowest BCUT2D eigenvalue weighted by molar-refractivity contribution is -0.136. The number of nitrogens with zero attached hydrogens (tertiary/aromatic N) is 2. The highest BCUT2D eigenvalue weighted by molar-refractivity contribution is 7.10. The number of carbonyl (C=O) groups is 2. The van der Waals surface area contributed by atoms with Gasteiger partial charge in [0.15, 0.2) is 0 Å². The zero-order valence-corrected chi connectivity index (χ0v) is 22.0. The van der Waals surface area contributed by atoms with Crippen LogP contribution in [0.1, 0.15) is 37.3 Å². The molecule has 0 radical (unpaired) electrons. The van der Waals surface area contributed by atoms with Gasteiger partial charge in [-0.2, -0.15) is 0 Å². The molecular weight excluding hydrogens is 501 g/mol. The molecule has 0 saturated carbocycles. The van der Waals surface area contributed by atoms with Gasteiger partial charge in [0.1, 0.15) is 24.7 Å². The molecule has 36 heavy (non-hydrogen) atoms. The smallest absolute Gasteiger partial charge is 0.322 e.